The molecule has 0 aromatic heterocycles. The van der Waals surface area contributed by atoms with Crippen molar-refractivity contribution in [2.24, 2.45) is 0 Å². The molecule has 1 aliphatic carbocycles. The van der Waals surface area contributed by atoms with E-state index < -0.39 is 23.1 Å². The van der Waals surface area contributed by atoms with E-state index in [9.17, 15) is 26.9 Å². The topological polar surface area (TPSA) is 43.4 Å². The standard InChI is InChI=1S/C16H24O3P2.C8H12.BF4.Rh/c1-9-5-6-10(2)20(9)13-14(16(18)19-15(13)17)21-11(3)7-8-12(21)4;1-2-4-6-8-7-5-3-1;2-1(3,4)5;/h9-12H,5-8H2,1-4H3;1-2,7-8H,3-6H2;;/q;;-1;/b;2-1-,8-7-;;. The van der Waals surface area contributed by atoms with E-state index in [0.29, 0.717) is 22.6 Å². The summed E-state index contributed by atoms with van der Waals surface area (Å²) in [6.07, 6.45) is 18.7. The average molecular weight is 624 g/mol. The zero-order valence-electron chi connectivity index (χ0n) is 20.8. The molecule has 4 atom stereocenters. The molecule has 0 spiro atoms. The first kappa shape index (κ1) is 32.7. The molecule has 0 bridgehead atoms. The van der Waals surface area contributed by atoms with Gasteiger partial charge < -0.3 is 22.0 Å². The molecule has 0 saturated carbocycles. The summed E-state index contributed by atoms with van der Waals surface area (Å²) in [5.41, 5.74) is 2.17. The predicted octanol–water partition coefficient (Wildman–Crippen LogP) is 8.36. The molecule has 35 heavy (non-hydrogen) atoms. The van der Waals surface area contributed by atoms with Crippen LogP contribution in [-0.4, -0.2) is 41.8 Å². The van der Waals surface area contributed by atoms with Crippen LogP contribution < -0.4 is 0 Å². The van der Waals surface area contributed by atoms with Crippen LogP contribution in [0.2, 0.25) is 0 Å². The number of esters is 2. The average Bonchev–Trinajstić information content (AvgIpc) is 3.28. The van der Waals surface area contributed by atoms with Gasteiger partial charge in [0.05, 0.1) is 10.6 Å². The Hall–Kier alpha value is -0.372. The summed E-state index contributed by atoms with van der Waals surface area (Å²) >= 11 is 0. The monoisotopic (exact) mass is 624 g/mol. The van der Waals surface area contributed by atoms with Crippen molar-refractivity contribution in [1.82, 2.24) is 0 Å². The van der Waals surface area contributed by atoms with Crippen LogP contribution in [0.25, 0.3) is 0 Å². The molecular weight excluding hydrogens is 588 g/mol. The molecule has 11 heteroatoms. The fourth-order valence-electron chi connectivity index (χ4n) is 4.96. The molecule has 3 nitrogen and oxygen atoms in total. The largest absolute Gasteiger partial charge is 0.673 e. The van der Waals surface area contributed by atoms with Crippen molar-refractivity contribution in [2.75, 3.05) is 0 Å². The number of hydrogen-bond acceptors (Lipinski definition) is 3. The fourth-order valence-corrected chi connectivity index (χ4v) is 12.0. The van der Waals surface area contributed by atoms with Crippen LogP contribution in [0.3, 0.4) is 0 Å². The van der Waals surface area contributed by atoms with E-state index in [-0.39, 0.29) is 31.4 Å². The number of rotatable bonds is 2. The fraction of sp³-hybridized carbons (Fsp3) is 0.667. The number of carbonyl (C=O) groups excluding carboxylic acids is 2. The van der Waals surface area contributed by atoms with E-state index in [1.54, 1.807) is 0 Å². The zero-order chi connectivity index (χ0) is 25.5. The molecule has 3 aliphatic heterocycles. The second kappa shape index (κ2) is 15.1. The van der Waals surface area contributed by atoms with Gasteiger partial charge in [0.2, 0.25) is 0 Å². The quantitative estimate of drug-likeness (QED) is 0.0775. The van der Waals surface area contributed by atoms with Crippen molar-refractivity contribution in [3.63, 3.8) is 0 Å². The Balaban J connectivity index is 0.000000363. The third kappa shape index (κ3) is 10.1. The molecule has 0 aromatic rings. The number of allylic oxidation sites excluding steroid dienone is 4. The van der Waals surface area contributed by atoms with Crippen LogP contribution >= 0.6 is 15.8 Å². The van der Waals surface area contributed by atoms with Gasteiger partial charge in [-0.2, -0.15) is 0 Å². The van der Waals surface area contributed by atoms with Gasteiger partial charge in [0.1, 0.15) is 0 Å². The van der Waals surface area contributed by atoms with E-state index in [4.69, 9.17) is 4.74 Å². The molecule has 2 fully saturated rings. The van der Waals surface area contributed by atoms with Gasteiger partial charge in [0, 0.05) is 19.5 Å². The first-order valence-electron chi connectivity index (χ1n) is 12.2. The molecule has 0 N–H and O–H groups in total. The van der Waals surface area contributed by atoms with Crippen LogP contribution in [0.4, 0.5) is 17.3 Å². The first-order valence-corrected chi connectivity index (χ1v) is 15.1. The van der Waals surface area contributed by atoms with E-state index >= 15 is 0 Å². The van der Waals surface area contributed by atoms with Crippen molar-refractivity contribution in [1.29, 1.82) is 0 Å². The van der Waals surface area contributed by atoms with Gasteiger partial charge in [0.25, 0.3) is 0 Å². The van der Waals surface area contributed by atoms with Gasteiger partial charge in [-0.05, 0) is 74.0 Å². The van der Waals surface area contributed by atoms with Gasteiger partial charge in [-0.1, -0.05) is 67.8 Å². The van der Waals surface area contributed by atoms with E-state index in [1.807, 2.05) is 0 Å². The zero-order valence-corrected chi connectivity index (χ0v) is 24.2. The summed E-state index contributed by atoms with van der Waals surface area (Å²) in [5, 5.41) is 1.67. The van der Waals surface area contributed by atoms with Gasteiger partial charge in [-0.25, -0.2) is 9.59 Å². The van der Waals surface area contributed by atoms with Crippen LogP contribution in [0.15, 0.2) is 34.9 Å². The first-order chi connectivity index (χ1) is 15.9. The SMILES string of the molecule is C1=C\CC/C=C\CC/1.CC1CCC(C)P1C1=C(P2C(C)CCC2C)C(=O)OC1=O.F[B-](F)(F)F.[Rh]. The van der Waals surface area contributed by atoms with Crippen molar-refractivity contribution >= 4 is 35.0 Å². The Bertz CT molecular complexity index is 723. The van der Waals surface area contributed by atoms with Crippen molar-refractivity contribution in [3.05, 3.63) is 34.9 Å². The van der Waals surface area contributed by atoms with Crippen LogP contribution in [0.5, 0.6) is 0 Å². The molecule has 2 saturated heterocycles. The third-order valence-corrected chi connectivity index (χ3v) is 13.4. The van der Waals surface area contributed by atoms with Gasteiger partial charge in [-0.15, -0.1) is 0 Å². The van der Waals surface area contributed by atoms with Crippen LogP contribution in [0, 0.1) is 0 Å². The van der Waals surface area contributed by atoms with Crippen molar-refractivity contribution in [3.8, 4) is 0 Å². The smallest absolute Gasteiger partial charge is 0.418 e. The number of ether oxygens (including phenoxy) is 1. The summed E-state index contributed by atoms with van der Waals surface area (Å²) in [7, 11) is -7.06. The van der Waals surface area contributed by atoms with E-state index in [0.717, 1.165) is 10.6 Å². The number of halogens is 4. The minimum atomic E-state index is -6.00. The minimum Gasteiger partial charge on any atom is -0.418 e. The Morgan fingerprint density at radius 2 is 0.886 bits per heavy atom. The maximum Gasteiger partial charge on any atom is 0.673 e. The van der Waals surface area contributed by atoms with E-state index in [2.05, 4.69) is 52.0 Å². The number of cyclic esters (lactones) is 2. The molecule has 3 heterocycles. The minimum absolute atomic E-state index is 0. The van der Waals surface area contributed by atoms with Crippen molar-refractivity contribution in [2.45, 2.75) is 102 Å². The molecule has 4 rings (SSSR count). The summed E-state index contributed by atoms with van der Waals surface area (Å²) < 4.78 is 44.1. The predicted molar refractivity (Wildman–Crippen MR) is 135 cm³/mol. The number of carbonyl (C=O) groups is 2. The van der Waals surface area contributed by atoms with Crippen molar-refractivity contribution < 1.29 is 51.1 Å². The Morgan fingerprint density at radius 3 is 1.11 bits per heavy atom. The van der Waals surface area contributed by atoms with Gasteiger partial charge >= 0.3 is 19.2 Å². The summed E-state index contributed by atoms with van der Waals surface area (Å²) in [5.74, 6) is -0.619. The third-order valence-electron chi connectivity index (χ3n) is 6.55. The molecular formula is C24H36BF4O3P2Rh-. The molecule has 0 amide bonds. The Kier molecular flexibility index (Phi) is 14.1. The summed E-state index contributed by atoms with van der Waals surface area (Å²) in [6.45, 7) is 8.96. The molecule has 201 valence electrons. The maximum atomic E-state index is 12.4. The number of hydrogen-bond donors (Lipinski definition) is 0. The Morgan fingerprint density at radius 1 is 0.657 bits per heavy atom. The Labute approximate surface area is 222 Å². The molecule has 1 radical (unpaired) electrons. The molecule has 4 unspecified atom stereocenters. The molecule has 4 aliphatic rings. The summed E-state index contributed by atoms with van der Waals surface area (Å²) in [6, 6.07) is 0. The normalized spacial score (nSPS) is 34.4. The molecule has 0 aromatic carbocycles. The van der Waals surface area contributed by atoms with Gasteiger partial charge in [0.15, 0.2) is 0 Å². The van der Waals surface area contributed by atoms with E-state index in [1.165, 1.54) is 51.4 Å². The van der Waals surface area contributed by atoms with Crippen LogP contribution in [0.1, 0.15) is 79.1 Å². The maximum absolute atomic E-state index is 12.4. The summed E-state index contributed by atoms with van der Waals surface area (Å²) in [4.78, 5) is 24.7. The van der Waals surface area contributed by atoms with Gasteiger partial charge in [-0.3, -0.25) is 0 Å². The second-order valence-corrected chi connectivity index (χ2v) is 15.4. The van der Waals surface area contributed by atoms with Crippen LogP contribution in [-0.2, 0) is 33.8 Å². The second-order valence-electron chi connectivity index (χ2n) is 9.33.